The molecule has 2 aliphatic heterocycles. The number of aromatic hydroxyl groups is 1. The van der Waals surface area contributed by atoms with Crippen LogP contribution in [0.15, 0.2) is 53.7 Å². The van der Waals surface area contributed by atoms with Gasteiger partial charge in [-0.25, -0.2) is 9.98 Å². The van der Waals surface area contributed by atoms with Gasteiger partial charge >= 0.3 is 0 Å². The van der Waals surface area contributed by atoms with E-state index in [0.717, 1.165) is 37.3 Å². The number of nitrogens with zero attached hydrogens (tertiary/aromatic N) is 5. The molecule has 2 aliphatic rings. The fraction of sp³-hybridized carbons (Fsp3) is 0.190. The highest BCUT2D eigenvalue weighted by Crippen LogP contribution is 2.32. The van der Waals surface area contributed by atoms with E-state index in [1.807, 2.05) is 24.3 Å². The molecule has 3 aromatic rings. The lowest BCUT2D eigenvalue weighted by atomic mass is 10.1. The minimum atomic E-state index is -0.00118. The number of nitrogens with one attached hydrogen (secondary N) is 1. The van der Waals surface area contributed by atoms with Gasteiger partial charge in [0.1, 0.15) is 5.69 Å². The zero-order valence-corrected chi connectivity index (χ0v) is 15.3. The second-order valence-electron chi connectivity index (χ2n) is 6.84. The number of fused-ring (bicyclic) bond motifs is 1. The molecule has 1 aromatic carbocycles. The van der Waals surface area contributed by atoms with Crippen molar-refractivity contribution in [2.24, 2.45) is 4.99 Å². The van der Waals surface area contributed by atoms with Gasteiger partial charge in [-0.1, -0.05) is 18.2 Å². The van der Waals surface area contributed by atoms with Crippen molar-refractivity contribution >= 4 is 35.3 Å². The minimum Gasteiger partial charge on any atom is -0.492 e. The molecule has 2 N–H and O–H groups in total. The molecular formula is C21H20N6O. The van der Waals surface area contributed by atoms with Crippen molar-refractivity contribution in [3.8, 4) is 5.88 Å². The molecule has 0 bridgehead atoms. The maximum absolute atomic E-state index is 10.3. The van der Waals surface area contributed by atoms with Gasteiger partial charge in [-0.3, -0.25) is 0 Å². The third-order valence-corrected chi connectivity index (χ3v) is 5.12. The van der Waals surface area contributed by atoms with E-state index in [1.54, 1.807) is 12.4 Å². The van der Waals surface area contributed by atoms with Gasteiger partial charge in [0, 0.05) is 55.4 Å². The van der Waals surface area contributed by atoms with Crippen LogP contribution in [0.25, 0.3) is 11.6 Å². The molecule has 0 amide bonds. The maximum Gasteiger partial charge on any atom is 0.238 e. The van der Waals surface area contributed by atoms with Gasteiger partial charge in [-0.2, -0.15) is 4.98 Å². The summed E-state index contributed by atoms with van der Waals surface area (Å²) in [5, 5.41) is 10.3. The van der Waals surface area contributed by atoms with Crippen molar-refractivity contribution in [3.63, 3.8) is 0 Å². The van der Waals surface area contributed by atoms with Gasteiger partial charge in [0.05, 0.1) is 0 Å². The number of hydrogen-bond acceptors (Lipinski definition) is 6. The van der Waals surface area contributed by atoms with Crippen LogP contribution in [0.1, 0.15) is 11.3 Å². The number of aliphatic imine (C=N–C) groups is 1. The van der Waals surface area contributed by atoms with E-state index in [-0.39, 0.29) is 5.88 Å². The molecule has 1 fully saturated rings. The average Bonchev–Trinajstić information content (AvgIpc) is 3.33. The lowest BCUT2D eigenvalue weighted by molar-refractivity contribution is 0.455. The monoisotopic (exact) mass is 372 g/mol. The number of piperazine rings is 1. The quantitative estimate of drug-likeness (QED) is 0.738. The van der Waals surface area contributed by atoms with Crippen LogP contribution in [0.5, 0.6) is 5.88 Å². The Morgan fingerprint density at radius 1 is 0.964 bits per heavy atom. The number of para-hydroxylation sites is 1. The summed E-state index contributed by atoms with van der Waals surface area (Å²) in [5.41, 5.74) is 3.68. The Morgan fingerprint density at radius 2 is 1.75 bits per heavy atom. The van der Waals surface area contributed by atoms with E-state index in [1.165, 1.54) is 5.69 Å². The molecule has 0 aliphatic carbocycles. The number of aromatic nitrogens is 3. The van der Waals surface area contributed by atoms with Crippen molar-refractivity contribution < 1.29 is 5.11 Å². The molecule has 0 atom stereocenters. The van der Waals surface area contributed by atoms with E-state index in [9.17, 15) is 5.11 Å². The summed E-state index contributed by atoms with van der Waals surface area (Å²) in [4.78, 5) is 20.7. The Bertz CT molecular complexity index is 1050. The molecule has 0 saturated carbocycles. The van der Waals surface area contributed by atoms with Crippen LogP contribution in [0, 0.1) is 0 Å². The fourth-order valence-corrected chi connectivity index (χ4v) is 3.63. The van der Waals surface area contributed by atoms with Gasteiger partial charge in [0.15, 0.2) is 5.82 Å². The average molecular weight is 372 g/mol. The van der Waals surface area contributed by atoms with Gasteiger partial charge in [-0.05, 0) is 30.3 Å². The van der Waals surface area contributed by atoms with E-state index in [2.05, 4.69) is 54.0 Å². The first-order valence-corrected chi connectivity index (χ1v) is 9.33. The molecule has 2 aromatic heterocycles. The summed E-state index contributed by atoms with van der Waals surface area (Å²) in [5.74, 6) is 1.39. The third-order valence-electron chi connectivity index (χ3n) is 5.12. The Kier molecular flexibility index (Phi) is 4.05. The standard InChI is InChI=1S/C21H20N6O/c28-20-18(13-15-14-23-19-17(15)7-4-8-22-19)24-21(25-20)27-11-9-26(10-12-27)16-5-2-1-3-6-16/h1-8,13-14,28H,9-12H2,(H,24,25)/b15-13+. The summed E-state index contributed by atoms with van der Waals surface area (Å²) < 4.78 is 0. The first-order chi connectivity index (χ1) is 13.8. The summed E-state index contributed by atoms with van der Waals surface area (Å²) in [7, 11) is 0. The van der Waals surface area contributed by atoms with Crippen LogP contribution in [-0.2, 0) is 0 Å². The summed E-state index contributed by atoms with van der Waals surface area (Å²) in [6.45, 7) is 3.50. The molecule has 0 radical (unpaired) electrons. The van der Waals surface area contributed by atoms with Gasteiger partial charge in [0.25, 0.3) is 0 Å². The predicted octanol–water partition coefficient (Wildman–Crippen LogP) is 3.09. The summed E-state index contributed by atoms with van der Waals surface area (Å²) in [6.07, 6.45) is 5.35. The largest absolute Gasteiger partial charge is 0.492 e. The molecule has 7 nitrogen and oxygen atoms in total. The van der Waals surface area contributed by atoms with Crippen LogP contribution in [-0.4, -0.2) is 52.5 Å². The molecule has 28 heavy (non-hydrogen) atoms. The Labute approximate surface area is 162 Å². The number of pyridine rings is 1. The molecule has 7 heteroatoms. The number of anilines is 2. The number of allylic oxidation sites excluding steroid dienone is 1. The van der Waals surface area contributed by atoms with Gasteiger partial charge in [0.2, 0.25) is 11.8 Å². The number of rotatable bonds is 3. The second kappa shape index (κ2) is 6.84. The molecule has 0 spiro atoms. The minimum absolute atomic E-state index is 0.00118. The number of H-pyrrole nitrogens is 1. The van der Waals surface area contributed by atoms with Crippen molar-refractivity contribution in [3.05, 3.63) is 59.9 Å². The van der Waals surface area contributed by atoms with E-state index >= 15 is 0 Å². The zero-order chi connectivity index (χ0) is 18.9. The van der Waals surface area contributed by atoms with Crippen LogP contribution >= 0.6 is 0 Å². The summed E-state index contributed by atoms with van der Waals surface area (Å²) in [6, 6.07) is 14.3. The highest BCUT2D eigenvalue weighted by molar-refractivity contribution is 6.20. The molecule has 4 heterocycles. The topological polar surface area (TPSA) is 80.6 Å². The number of aromatic amines is 1. The number of hydrogen-bond donors (Lipinski definition) is 2. The molecule has 1 saturated heterocycles. The van der Waals surface area contributed by atoms with E-state index in [0.29, 0.717) is 17.5 Å². The molecule has 0 unspecified atom stereocenters. The highest BCUT2D eigenvalue weighted by Gasteiger charge is 2.21. The van der Waals surface area contributed by atoms with Crippen molar-refractivity contribution in [1.82, 2.24) is 15.0 Å². The normalized spacial score (nSPS) is 17.4. The first kappa shape index (κ1) is 16.6. The van der Waals surface area contributed by atoms with E-state index < -0.39 is 0 Å². The lowest BCUT2D eigenvalue weighted by Crippen LogP contribution is -2.46. The molecule has 5 rings (SSSR count). The smallest absolute Gasteiger partial charge is 0.238 e. The number of benzene rings is 1. The van der Waals surface area contributed by atoms with Crippen molar-refractivity contribution in [1.29, 1.82) is 0 Å². The summed E-state index contributed by atoms with van der Waals surface area (Å²) >= 11 is 0. The molecule has 140 valence electrons. The fourth-order valence-electron chi connectivity index (χ4n) is 3.63. The predicted molar refractivity (Wildman–Crippen MR) is 111 cm³/mol. The Hall–Kier alpha value is -3.61. The third kappa shape index (κ3) is 3.00. The SMILES string of the molecule is Oc1nc(N2CCN(c3ccccc3)CC2)[nH]c1/C=C1\C=Nc2ncccc21. The maximum atomic E-state index is 10.3. The Morgan fingerprint density at radius 3 is 2.57 bits per heavy atom. The van der Waals surface area contributed by atoms with E-state index in [4.69, 9.17) is 0 Å². The number of imidazole rings is 1. The lowest BCUT2D eigenvalue weighted by Gasteiger charge is -2.35. The van der Waals surface area contributed by atoms with Gasteiger partial charge < -0.3 is 19.9 Å². The van der Waals surface area contributed by atoms with Gasteiger partial charge in [-0.15, -0.1) is 0 Å². The van der Waals surface area contributed by atoms with Crippen LogP contribution in [0.3, 0.4) is 0 Å². The Balaban J connectivity index is 1.33. The molecular weight excluding hydrogens is 352 g/mol. The first-order valence-electron chi connectivity index (χ1n) is 9.33. The highest BCUT2D eigenvalue weighted by atomic mass is 16.3. The van der Waals surface area contributed by atoms with Crippen LogP contribution in [0.2, 0.25) is 0 Å². The van der Waals surface area contributed by atoms with Crippen LogP contribution in [0.4, 0.5) is 17.5 Å². The van der Waals surface area contributed by atoms with Crippen molar-refractivity contribution in [2.75, 3.05) is 36.0 Å². The second-order valence-corrected chi connectivity index (χ2v) is 6.84. The zero-order valence-electron chi connectivity index (χ0n) is 15.3. The van der Waals surface area contributed by atoms with Crippen LogP contribution < -0.4 is 9.80 Å². The van der Waals surface area contributed by atoms with Crippen molar-refractivity contribution in [2.45, 2.75) is 0 Å².